The Hall–Kier alpha value is -1.18. The van der Waals surface area contributed by atoms with Gasteiger partial charge in [0.25, 0.3) is 10.0 Å². The van der Waals surface area contributed by atoms with Crippen LogP contribution in [0.4, 0.5) is 0 Å². The van der Waals surface area contributed by atoms with Gasteiger partial charge in [0, 0.05) is 31.9 Å². The second kappa shape index (κ2) is 5.21. The number of nitrogens with zero attached hydrogens (tertiary/aromatic N) is 3. The van der Waals surface area contributed by atoms with Crippen LogP contribution in [-0.4, -0.2) is 29.6 Å². The number of hydrogen-bond acceptors (Lipinski definition) is 4. The fraction of sp³-hybridized carbons (Fsp3) is 0.364. The molecule has 0 saturated carbocycles. The Balaban J connectivity index is 2.15. The van der Waals surface area contributed by atoms with Gasteiger partial charge < -0.3 is 0 Å². The molecule has 0 aliphatic heterocycles. The van der Waals surface area contributed by atoms with Crippen LogP contribution in [0.3, 0.4) is 0 Å². The summed E-state index contributed by atoms with van der Waals surface area (Å²) in [6, 6.07) is 3.35. The van der Waals surface area contributed by atoms with Crippen LogP contribution in [0.2, 0.25) is 0 Å². The molecular weight excluding hydrogens is 270 g/mol. The Labute approximate surface area is 111 Å². The zero-order chi connectivity index (χ0) is 13.2. The average Bonchev–Trinajstić information content (AvgIpc) is 2.99. The number of thiophene rings is 1. The molecule has 0 saturated heterocycles. The minimum atomic E-state index is -3.38. The topological polar surface area (TPSA) is 55.2 Å². The molecular formula is C11H15N3O2S2. The normalized spacial score (nSPS) is 12.2. The second-order valence-electron chi connectivity index (χ2n) is 3.90. The van der Waals surface area contributed by atoms with E-state index >= 15 is 0 Å². The van der Waals surface area contributed by atoms with E-state index in [0.29, 0.717) is 10.8 Å². The van der Waals surface area contributed by atoms with Crippen molar-refractivity contribution < 1.29 is 8.42 Å². The first kappa shape index (κ1) is 13.3. The van der Waals surface area contributed by atoms with Gasteiger partial charge in [-0.3, -0.25) is 4.68 Å². The van der Waals surface area contributed by atoms with Gasteiger partial charge in [-0.05, 0) is 18.4 Å². The minimum Gasteiger partial charge on any atom is -0.273 e. The van der Waals surface area contributed by atoms with Crippen LogP contribution in [0.25, 0.3) is 0 Å². The highest BCUT2D eigenvalue weighted by Gasteiger charge is 2.22. The van der Waals surface area contributed by atoms with Gasteiger partial charge >= 0.3 is 0 Å². The van der Waals surface area contributed by atoms with E-state index in [4.69, 9.17) is 0 Å². The van der Waals surface area contributed by atoms with Gasteiger partial charge in [0.2, 0.25) is 0 Å². The maximum atomic E-state index is 12.2. The molecule has 7 heteroatoms. The third kappa shape index (κ3) is 2.63. The van der Waals surface area contributed by atoms with Crippen molar-refractivity contribution in [2.75, 3.05) is 7.05 Å². The van der Waals surface area contributed by atoms with E-state index in [-0.39, 0.29) is 0 Å². The van der Waals surface area contributed by atoms with Crippen LogP contribution in [0, 0.1) is 0 Å². The molecule has 0 unspecified atom stereocenters. The van der Waals surface area contributed by atoms with Crippen LogP contribution < -0.4 is 0 Å². The van der Waals surface area contributed by atoms with Gasteiger partial charge in [0.15, 0.2) is 0 Å². The maximum absolute atomic E-state index is 12.2. The Morgan fingerprint density at radius 2 is 2.28 bits per heavy atom. The zero-order valence-electron chi connectivity index (χ0n) is 10.3. The van der Waals surface area contributed by atoms with Gasteiger partial charge in [0.05, 0.1) is 6.20 Å². The monoisotopic (exact) mass is 285 g/mol. The molecule has 0 spiro atoms. The van der Waals surface area contributed by atoms with Crippen molar-refractivity contribution in [1.29, 1.82) is 0 Å². The van der Waals surface area contributed by atoms with Crippen molar-refractivity contribution in [3.63, 3.8) is 0 Å². The molecule has 0 aromatic carbocycles. The third-order valence-corrected chi connectivity index (χ3v) is 5.75. The summed E-state index contributed by atoms with van der Waals surface area (Å²) in [6.07, 6.45) is 3.56. The second-order valence-corrected chi connectivity index (χ2v) is 7.12. The Morgan fingerprint density at radius 1 is 1.50 bits per heavy atom. The largest absolute Gasteiger partial charge is 0.273 e. The molecule has 0 atom stereocenters. The SMILES string of the molecule is CCn1cc(CN(C)S(=O)(=O)c2cccs2)cn1. The van der Waals surface area contributed by atoms with Crippen molar-refractivity contribution >= 4 is 21.4 Å². The highest BCUT2D eigenvalue weighted by molar-refractivity contribution is 7.91. The van der Waals surface area contributed by atoms with E-state index in [2.05, 4.69) is 5.10 Å². The number of hydrogen-bond donors (Lipinski definition) is 0. The van der Waals surface area contributed by atoms with Gasteiger partial charge in [-0.2, -0.15) is 9.40 Å². The van der Waals surface area contributed by atoms with Crippen molar-refractivity contribution in [3.05, 3.63) is 35.5 Å². The average molecular weight is 285 g/mol. The first-order chi connectivity index (χ1) is 8.54. The minimum absolute atomic E-state index is 0.334. The Bertz CT molecular complexity index is 602. The quantitative estimate of drug-likeness (QED) is 0.841. The lowest BCUT2D eigenvalue weighted by Crippen LogP contribution is -2.25. The fourth-order valence-electron chi connectivity index (χ4n) is 1.57. The number of aryl methyl sites for hydroxylation is 1. The van der Waals surface area contributed by atoms with Crippen molar-refractivity contribution in [2.45, 2.75) is 24.2 Å². The molecule has 18 heavy (non-hydrogen) atoms. The molecule has 0 aliphatic carbocycles. The number of rotatable bonds is 5. The Morgan fingerprint density at radius 3 is 2.83 bits per heavy atom. The summed E-state index contributed by atoms with van der Waals surface area (Å²) in [5.74, 6) is 0. The van der Waals surface area contributed by atoms with Gasteiger partial charge in [-0.15, -0.1) is 11.3 Å². The Kier molecular flexibility index (Phi) is 3.84. The summed E-state index contributed by atoms with van der Waals surface area (Å²) in [6.45, 7) is 3.10. The van der Waals surface area contributed by atoms with E-state index in [1.165, 1.54) is 15.6 Å². The predicted molar refractivity (Wildman–Crippen MR) is 70.9 cm³/mol. The molecule has 2 heterocycles. The fourth-order valence-corrected chi connectivity index (χ4v) is 3.93. The molecule has 2 aromatic heterocycles. The number of aromatic nitrogens is 2. The first-order valence-electron chi connectivity index (χ1n) is 5.55. The molecule has 0 amide bonds. The first-order valence-corrected chi connectivity index (χ1v) is 7.87. The molecule has 2 rings (SSSR count). The lowest BCUT2D eigenvalue weighted by molar-refractivity contribution is 0.468. The summed E-state index contributed by atoms with van der Waals surface area (Å²) in [4.78, 5) is 0. The standard InChI is InChI=1S/C11H15N3O2S2/c1-3-14-9-10(7-12-14)8-13(2)18(15,16)11-5-4-6-17-11/h4-7,9H,3,8H2,1-2H3. The molecule has 0 aliphatic rings. The maximum Gasteiger partial charge on any atom is 0.252 e. The molecule has 0 fully saturated rings. The third-order valence-electron chi connectivity index (χ3n) is 2.58. The molecule has 98 valence electrons. The summed E-state index contributed by atoms with van der Waals surface area (Å²) < 4.78 is 27.9. The highest BCUT2D eigenvalue weighted by Crippen LogP contribution is 2.21. The predicted octanol–water partition coefficient (Wildman–Crippen LogP) is 1.79. The molecule has 0 bridgehead atoms. The highest BCUT2D eigenvalue weighted by atomic mass is 32.2. The van der Waals surface area contributed by atoms with Gasteiger partial charge in [0.1, 0.15) is 4.21 Å². The molecule has 2 aromatic rings. The van der Waals surface area contributed by atoms with E-state index in [1.807, 2.05) is 13.1 Å². The van der Waals surface area contributed by atoms with E-state index < -0.39 is 10.0 Å². The van der Waals surface area contributed by atoms with Crippen molar-refractivity contribution in [2.24, 2.45) is 0 Å². The summed E-state index contributed by atoms with van der Waals surface area (Å²) >= 11 is 1.23. The lowest BCUT2D eigenvalue weighted by atomic mass is 10.4. The van der Waals surface area contributed by atoms with E-state index in [1.54, 1.807) is 35.4 Å². The van der Waals surface area contributed by atoms with Crippen LogP contribution in [0.1, 0.15) is 12.5 Å². The van der Waals surface area contributed by atoms with Crippen molar-refractivity contribution in [1.82, 2.24) is 14.1 Å². The van der Waals surface area contributed by atoms with Crippen LogP contribution in [-0.2, 0) is 23.1 Å². The molecule has 5 nitrogen and oxygen atoms in total. The van der Waals surface area contributed by atoms with E-state index in [0.717, 1.165) is 12.1 Å². The smallest absolute Gasteiger partial charge is 0.252 e. The lowest BCUT2D eigenvalue weighted by Gasteiger charge is -2.14. The molecule has 0 radical (unpaired) electrons. The van der Waals surface area contributed by atoms with Gasteiger partial charge in [-0.25, -0.2) is 8.42 Å². The van der Waals surface area contributed by atoms with Gasteiger partial charge in [-0.1, -0.05) is 6.07 Å². The van der Waals surface area contributed by atoms with Crippen LogP contribution in [0.15, 0.2) is 34.1 Å². The van der Waals surface area contributed by atoms with Crippen LogP contribution in [0.5, 0.6) is 0 Å². The zero-order valence-corrected chi connectivity index (χ0v) is 11.9. The van der Waals surface area contributed by atoms with E-state index in [9.17, 15) is 8.42 Å². The van der Waals surface area contributed by atoms with Crippen LogP contribution >= 0.6 is 11.3 Å². The number of sulfonamides is 1. The molecule has 0 N–H and O–H groups in total. The van der Waals surface area contributed by atoms with Crippen molar-refractivity contribution in [3.8, 4) is 0 Å². The summed E-state index contributed by atoms with van der Waals surface area (Å²) in [5.41, 5.74) is 0.888. The summed E-state index contributed by atoms with van der Waals surface area (Å²) in [7, 11) is -1.79. The summed E-state index contributed by atoms with van der Waals surface area (Å²) in [5, 5.41) is 5.89.